The van der Waals surface area contributed by atoms with E-state index in [9.17, 15) is 9.59 Å². The molecule has 1 heterocycles. The fourth-order valence-corrected chi connectivity index (χ4v) is 2.05. The Labute approximate surface area is 112 Å². The maximum absolute atomic E-state index is 12.0. The second kappa shape index (κ2) is 4.39. The lowest BCUT2D eigenvalue weighted by atomic mass is 9.90. The van der Waals surface area contributed by atoms with Crippen LogP contribution in [0.15, 0.2) is 18.2 Å². The molecule has 3 nitrogen and oxygen atoms in total. The van der Waals surface area contributed by atoms with Crippen molar-refractivity contribution in [2.75, 3.05) is 11.4 Å². The van der Waals surface area contributed by atoms with E-state index in [0.29, 0.717) is 11.4 Å². The number of ketones is 1. The molecule has 2 rings (SSSR count). The molecule has 1 aliphatic heterocycles. The number of carbonyl (C=O) groups is 2. The molecule has 0 aromatic heterocycles. The molecule has 1 amide bonds. The number of nitrogens with zero attached hydrogens (tertiary/aromatic N) is 1. The zero-order valence-corrected chi connectivity index (χ0v) is 11.5. The maximum Gasteiger partial charge on any atom is 0.231 e. The Morgan fingerprint density at radius 2 is 2.06 bits per heavy atom. The van der Waals surface area contributed by atoms with Gasteiger partial charge in [0.1, 0.15) is 0 Å². The first-order valence-electron chi connectivity index (χ1n) is 5.91. The van der Waals surface area contributed by atoms with E-state index in [0.717, 1.165) is 11.3 Å². The second-order valence-electron chi connectivity index (χ2n) is 5.60. The third-order valence-corrected chi connectivity index (χ3v) is 3.35. The van der Waals surface area contributed by atoms with Crippen LogP contribution in [0.3, 0.4) is 0 Å². The third kappa shape index (κ3) is 2.41. The highest BCUT2D eigenvalue weighted by molar-refractivity contribution is 6.31. The molecule has 0 atom stereocenters. The van der Waals surface area contributed by atoms with Crippen LogP contribution in [0.5, 0.6) is 0 Å². The number of hydrogen-bond donors (Lipinski definition) is 0. The maximum atomic E-state index is 12.0. The molecule has 0 saturated heterocycles. The number of amides is 1. The van der Waals surface area contributed by atoms with Crippen LogP contribution in [0.1, 0.15) is 26.3 Å². The van der Waals surface area contributed by atoms with Crippen LogP contribution in [0.4, 0.5) is 5.69 Å². The summed E-state index contributed by atoms with van der Waals surface area (Å²) >= 11 is 5.94. The van der Waals surface area contributed by atoms with Crippen LogP contribution in [0.2, 0.25) is 5.02 Å². The largest absolute Gasteiger partial charge is 0.304 e. The lowest BCUT2D eigenvalue weighted by Gasteiger charge is -2.22. The van der Waals surface area contributed by atoms with Crippen molar-refractivity contribution in [3.05, 3.63) is 28.8 Å². The van der Waals surface area contributed by atoms with Gasteiger partial charge in [0.25, 0.3) is 0 Å². The summed E-state index contributed by atoms with van der Waals surface area (Å²) in [6.45, 7) is 5.69. The molecule has 1 aliphatic rings. The molecule has 0 bridgehead atoms. The molecule has 1 aromatic carbocycles. The minimum absolute atomic E-state index is 0.0372. The van der Waals surface area contributed by atoms with E-state index in [1.807, 2.05) is 26.8 Å². The highest BCUT2D eigenvalue weighted by atomic mass is 35.5. The molecule has 18 heavy (non-hydrogen) atoms. The first kappa shape index (κ1) is 13.1. The number of anilines is 1. The lowest BCUT2D eigenvalue weighted by Crippen LogP contribution is -2.37. The Kier molecular flexibility index (Phi) is 3.20. The predicted molar refractivity (Wildman–Crippen MR) is 72.0 cm³/mol. The zero-order valence-electron chi connectivity index (χ0n) is 10.8. The van der Waals surface area contributed by atoms with E-state index in [-0.39, 0.29) is 18.2 Å². The smallest absolute Gasteiger partial charge is 0.231 e. The van der Waals surface area contributed by atoms with Crippen molar-refractivity contribution in [1.29, 1.82) is 0 Å². The minimum Gasteiger partial charge on any atom is -0.304 e. The Hall–Kier alpha value is -1.35. The van der Waals surface area contributed by atoms with E-state index >= 15 is 0 Å². The third-order valence-electron chi connectivity index (χ3n) is 3.12. The Morgan fingerprint density at radius 1 is 1.39 bits per heavy atom. The average Bonchev–Trinajstić information content (AvgIpc) is 2.54. The number of halogens is 1. The van der Waals surface area contributed by atoms with Gasteiger partial charge in [-0.25, -0.2) is 0 Å². The van der Waals surface area contributed by atoms with Gasteiger partial charge in [0, 0.05) is 16.1 Å². The molecule has 0 fully saturated rings. The summed E-state index contributed by atoms with van der Waals surface area (Å²) in [5.74, 6) is 0.00791. The number of carbonyl (C=O) groups excluding carboxylic acids is 2. The Balaban J connectivity index is 2.28. The standard InChI is InChI=1S/C14H16ClNO2/c1-14(2,3)12(17)8-16-11-7-10(15)5-4-9(11)6-13(16)18/h4-5,7H,6,8H2,1-3H3. The van der Waals surface area contributed by atoms with Crippen molar-refractivity contribution in [3.63, 3.8) is 0 Å². The summed E-state index contributed by atoms with van der Waals surface area (Å²) in [5, 5.41) is 0.580. The minimum atomic E-state index is -0.443. The van der Waals surface area contributed by atoms with Gasteiger partial charge in [-0.05, 0) is 17.7 Å². The molecule has 0 radical (unpaired) electrons. The number of benzene rings is 1. The molecular formula is C14H16ClNO2. The number of fused-ring (bicyclic) bond motifs is 1. The van der Waals surface area contributed by atoms with E-state index in [2.05, 4.69) is 0 Å². The predicted octanol–water partition coefficient (Wildman–Crippen LogP) is 2.84. The van der Waals surface area contributed by atoms with Gasteiger partial charge >= 0.3 is 0 Å². The Morgan fingerprint density at radius 3 is 2.67 bits per heavy atom. The van der Waals surface area contributed by atoms with Crippen molar-refractivity contribution < 1.29 is 9.59 Å². The molecule has 0 spiro atoms. The SMILES string of the molecule is CC(C)(C)C(=O)CN1C(=O)Cc2ccc(Cl)cc21. The summed E-state index contributed by atoms with van der Waals surface area (Å²) in [7, 11) is 0. The van der Waals surface area contributed by atoms with Crippen LogP contribution in [0, 0.1) is 5.41 Å². The quantitative estimate of drug-likeness (QED) is 0.825. The van der Waals surface area contributed by atoms with Gasteiger partial charge in [-0.15, -0.1) is 0 Å². The summed E-state index contributed by atoms with van der Waals surface area (Å²) in [5.41, 5.74) is 1.26. The van der Waals surface area contributed by atoms with Crippen molar-refractivity contribution in [3.8, 4) is 0 Å². The molecule has 0 unspecified atom stereocenters. The van der Waals surface area contributed by atoms with Gasteiger partial charge in [-0.3, -0.25) is 9.59 Å². The van der Waals surface area contributed by atoms with E-state index < -0.39 is 5.41 Å². The van der Waals surface area contributed by atoms with Crippen LogP contribution in [0.25, 0.3) is 0 Å². The van der Waals surface area contributed by atoms with E-state index in [1.54, 1.807) is 12.1 Å². The summed E-state index contributed by atoms with van der Waals surface area (Å²) in [4.78, 5) is 25.5. The van der Waals surface area contributed by atoms with Gasteiger partial charge in [0.15, 0.2) is 5.78 Å². The summed E-state index contributed by atoms with van der Waals surface area (Å²) < 4.78 is 0. The number of Topliss-reactive ketones (excluding diaryl/α,β-unsaturated/α-hetero) is 1. The van der Waals surface area contributed by atoms with Crippen LogP contribution < -0.4 is 4.90 Å². The molecule has 1 aromatic rings. The van der Waals surface area contributed by atoms with E-state index in [1.165, 1.54) is 4.90 Å². The highest BCUT2D eigenvalue weighted by Gasteiger charge is 2.32. The van der Waals surface area contributed by atoms with Crippen LogP contribution in [-0.4, -0.2) is 18.2 Å². The second-order valence-corrected chi connectivity index (χ2v) is 6.04. The van der Waals surface area contributed by atoms with Gasteiger partial charge < -0.3 is 4.90 Å². The van der Waals surface area contributed by atoms with Crippen LogP contribution in [-0.2, 0) is 16.0 Å². The normalized spacial score (nSPS) is 14.9. The first-order valence-corrected chi connectivity index (χ1v) is 6.29. The van der Waals surface area contributed by atoms with Gasteiger partial charge in [0.05, 0.1) is 13.0 Å². The zero-order chi connectivity index (χ0) is 13.5. The molecular weight excluding hydrogens is 250 g/mol. The highest BCUT2D eigenvalue weighted by Crippen LogP contribution is 2.32. The van der Waals surface area contributed by atoms with Crippen molar-refractivity contribution in [2.45, 2.75) is 27.2 Å². The molecule has 4 heteroatoms. The lowest BCUT2D eigenvalue weighted by molar-refractivity contribution is -0.127. The van der Waals surface area contributed by atoms with Crippen molar-refractivity contribution in [1.82, 2.24) is 0 Å². The molecule has 96 valence electrons. The monoisotopic (exact) mass is 265 g/mol. The molecule has 0 aliphatic carbocycles. The van der Waals surface area contributed by atoms with Gasteiger partial charge in [0.2, 0.25) is 5.91 Å². The van der Waals surface area contributed by atoms with Crippen molar-refractivity contribution >= 4 is 29.0 Å². The summed E-state index contributed by atoms with van der Waals surface area (Å²) in [6.07, 6.45) is 0.351. The number of rotatable bonds is 2. The summed E-state index contributed by atoms with van der Waals surface area (Å²) in [6, 6.07) is 5.36. The fourth-order valence-electron chi connectivity index (χ4n) is 1.88. The molecule has 0 saturated carbocycles. The first-order chi connectivity index (χ1) is 8.29. The fraction of sp³-hybridized carbons (Fsp3) is 0.429. The average molecular weight is 266 g/mol. The Bertz CT molecular complexity index is 517. The van der Waals surface area contributed by atoms with Crippen LogP contribution >= 0.6 is 11.6 Å². The number of hydrogen-bond acceptors (Lipinski definition) is 2. The molecule has 0 N–H and O–H groups in total. The van der Waals surface area contributed by atoms with Gasteiger partial charge in [-0.1, -0.05) is 38.4 Å². The van der Waals surface area contributed by atoms with E-state index in [4.69, 9.17) is 11.6 Å². The topological polar surface area (TPSA) is 37.4 Å². The van der Waals surface area contributed by atoms with Crippen molar-refractivity contribution in [2.24, 2.45) is 5.41 Å². The van der Waals surface area contributed by atoms with Gasteiger partial charge in [-0.2, -0.15) is 0 Å².